The minimum atomic E-state index is -0.746. The predicted octanol–water partition coefficient (Wildman–Crippen LogP) is 7.23. The van der Waals surface area contributed by atoms with E-state index in [1.165, 1.54) is 14.2 Å². The van der Waals surface area contributed by atoms with Crippen molar-refractivity contribution in [3.8, 4) is 39.5 Å². The largest absolute Gasteiger partial charge is 0.470 e. The topological polar surface area (TPSA) is 189 Å². The number of rotatable bonds is 10. The highest BCUT2D eigenvalue weighted by Gasteiger charge is 2.39. The molecule has 16 nitrogen and oxygen atoms in total. The van der Waals surface area contributed by atoms with Crippen LogP contribution in [0.15, 0.2) is 48.8 Å². The van der Waals surface area contributed by atoms with E-state index in [9.17, 15) is 19.2 Å². The van der Waals surface area contributed by atoms with Crippen LogP contribution in [0.5, 0.6) is 5.75 Å². The number of amides is 4. The molecule has 2 aromatic carbocycles. The molecular weight excluding hydrogens is 786 g/mol. The first kappa shape index (κ1) is 41.3. The van der Waals surface area contributed by atoms with E-state index in [2.05, 4.69) is 30.6 Å². The molecule has 4 N–H and O–H groups in total. The smallest absolute Gasteiger partial charge is 0.407 e. The Balaban J connectivity index is 1.03. The van der Waals surface area contributed by atoms with Crippen LogP contribution in [0.2, 0.25) is 0 Å². The molecule has 3 aromatic heterocycles. The summed E-state index contributed by atoms with van der Waals surface area (Å²) in [5.41, 5.74) is 4.64. The fourth-order valence-electron chi connectivity index (χ4n) is 8.98. The second-order valence-corrected chi connectivity index (χ2v) is 16.7. The van der Waals surface area contributed by atoms with Crippen molar-refractivity contribution in [3.63, 3.8) is 0 Å². The molecule has 2 fully saturated rings. The normalized spacial score (nSPS) is 19.4. The van der Waals surface area contributed by atoms with Gasteiger partial charge in [0.2, 0.25) is 11.8 Å². The minimum absolute atomic E-state index is 0.148. The molecule has 0 bridgehead atoms. The van der Waals surface area contributed by atoms with Crippen molar-refractivity contribution in [1.29, 1.82) is 0 Å². The summed E-state index contributed by atoms with van der Waals surface area (Å²) in [5, 5.41) is 5.79. The van der Waals surface area contributed by atoms with Gasteiger partial charge in [0.25, 0.3) is 0 Å². The Morgan fingerprint density at radius 3 is 1.80 bits per heavy atom. The summed E-state index contributed by atoms with van der Waals surface area (Å²) < 4.78 is 34.6. The molecule has 6 heterocycles. The lowest BCUT2D eigenvalue weighted by Gasteiger charge is -2.30. The van der Waals surface area contributed by atoms with Gasteiger partial charge in [-0.2, -0.15) is 0 Å². The van der Waals surface area contributed by atoms with Gasteiger partial charge in [0, 0.05) is 35.2 Å². The first-order valence-electron chi connectivity index (χ1n) is 20.8. The van der Waals surface area contributed by atoms with Crippen LogP contribution in [0.25, 0.3) is 44.7 Å². The first-order chi connectivity index (χ1) is 29.3. The average molecular weight is 838 g/mol. The molecule has 5 atom stereocenters. The summed E-state index contributed by atoms with van der Waals surface area (Å²) >= 11 is 0. The molecule has 0 saturated carbocycles. The number of hydrogen-bond acceptors (Lipinski definition) is 9. The number of nitrogens with one attached hydrogen (secondary N) is 4. The molecule has 322 valence electrons. The van der Waals surface area contributed by atoms with Crippen molar-refractivity contribution in [2.24, 2.45) is 11.8 Å². The van der Waals surface area contributed by atoms with Crippen LogP contribution in [0.3, 0.4) is 0 Å². The van der Waals surface area contributed by atoms with Crippen LogP contribution in [-0.2, 0) is 19.1 Å². The molecule has 0 spiro atoms. The molecule has 17 heteroatoms. The number of imidazole rings is 2. The third-order valence-electron chi connectivity index (χ3n) is 12.1. The van der Waals surface area contributed by atoms with Gasteiger partial charge >= 0.3 is 12.2 Å². The number of carbonyl (C=O) groups excluding carboxylic acids is 4. The first-order valence-corrected chi connectivity index (χ1v) is 20.8. The molecule has 8 rings (SSSR count). The quantitative estimate of drug-likeness (QED) is 0.113. The number of aromatic amines is 2. The highest BCUT2D eigenvalue weighted by atomic mass is 19.1. The number of aromatic nitrogens is 5. The van der Waals surface area contributed by atoms with Gasteiger partial charge in [-0.25, -0.2) is 23.9 Å². The van der Waals surface area contributed by atoms with E-state index in [-0.39, 0.29) is 41.6 Å². The third-order valence-corrected chi connectivity index (χ3v) is 12.1. The fraction of sp³-hybridized carbons (Fsp3) is 0.455. The van der Waals surface area contributed by atoms with Crippen LogP contribution in [0.4, 0.5) is 14.0 Å². The standard InChI is InChI=1S/C44H52FN9O7/c1-22(2)36(50-43(57)59-6)41(55)52-16-8-10-32(52)39-46-20-29(48-39)25-13-15-31-28(18-25)35(45)38-27-14-12-26(19-34(27)61-24(5)54(31)38)30-21-47-40(49-30)33-11-9-17-53(33)42(56)37(23(3)4)51-44(58)60-7/h12-15,18-24,32-33,36-37H,8-11,16-17H2,1-7H3,(H,46,48)(H,47,49)(H,50,57)(H,51,58)/t24?,32-,33?,36-,37-/m0/s1. The Morgan fingerprint density at radius 1 is 0.787 bits per heavy atom. The van der Waals surface area contributed by atoms with Crippen LogP contribution < -0.4 is 15.4 Å². The zero-order chi connectivity index (χ0) is 43.3. The van der Waals surface area contributed by atoms with Crippen LogP contribution in [0, 0.1) is 17.7 Å². The third kappa shape index (κ3) is 7.54. The number of halogens is 1. The molecule has 4 amide bonds. The van der Waals surface area contributed by atoms with Gasteiger partial charge in [-0.3, -0.25) is 9.59 Å². The van der Waals surface area contributed by atoms with Gasteiger partial charge in [0.15, 0.2) is 12.0 Å². The molecule has 2 unspecified atom stereocenters. The van der Waals surface area contributed by atoms with Gasteiger partial charge in [0.1, 0.15) is 29.5 Å². The van der Waals surface area contributed by atoms with Crippen molar-refractivity contribution < 1.29 is 37.8 Å². The summed E-state index contributed by atoms with van der Waals surface area (Å²) in [6.07, 6.45) is 4.60. The number of likely N-dealkylation sites (tertiary alicyclic amines) is 2. The van der Waals surface area contributed by atoms with E-state index in [0.29, 0.717) is 64.8 Å². The monoisotopic (exact) mass is 837 g/mol. The lowest BCUT2D eigenvalue weighted by atomic mass is 10.0. The predicted molar refractivity (Wildman–Crippen MR) is 224 cm³/mol. The van der Waals surface area contributed by atoms with Gasteiger partial charge in [-0.05, 0) is 68.7 Å². The maximum absolute atomic E-state index is 16.7. The van der Waals surface area contributed by atoms with E-state index in [1.807, 2.05) is 69.5 Å². The molecule has 0 aliphatic carbocycles. The Hall–Kier alpha value is -6.39. The highest BCUT2D eigenvalue weighted by molar-refractivity contribution is 5.93. The van der Waals surface area contributed by atoms with Crippen molar-refractivity contribution in [2.45, 2.75) is 90.7 Å². The number of fused-ring (bicyclic) bond motifs is 5. The average Bonchev–Trinajstić information content (AvgIpc) is 4.11. The Labute approximate surface area is 352 Å². The van der Waals surface area contributed by atoms with Crippen molar-refractivity contribution in [2.75, 3.05) is 27.3 Å². The van der Waals surface area contributed by atoms with Crippen LogP contribution in [0.1, 0.15) is 90.3 Å². The van der Waals surface area contributed by atoms with E-state index < -0.39 is 30.5 Å². The lowest BCUT2D eigenvalue weighted by Crippen LogP contribution is -2.51. The van der Waals surface area contributed by atoms with E-state index in [0.717, 1.165) is 36.1 Å². The fourth-order valence-corrected chi connectivity index (χ4v) is 8.98. The number of carbonyl (C=O) groups is 4. The highest BCUT2D eigenvalue weighted by Crippen LogP contribution is 2.46. The summed E-state index contributed by atoms with van der Waals surface area (Å²) in [4.78, 5) is 71.0. The van der Waals surface area contributed by atoms with Gasteiger partial charge < -0.3 is 49.2 Å². The number of nitrogens with zero attached hydrogens (tertiary/aromatic N) is 5. The molecule has 3 aliphatic heterocycles. The molecule has 5 aromatic rings. The van der Waals surface area contributed by atoms with Crippen molar-refractivity contribution in [3.05, 3.63) is 66.3 Å². The molecule has 0 radical (unpaired) electrons. The van der Waals surface area contributed by atoms with Gasteiger partial charge in [-0.1, -0.05) is 39.8 Å². The van der Waals surface area contributed by atoms with Crippen molar-refractivity contribution in [1.82, 2.24) is 44.9 Å². The zero-order valence-corrected chi connectivity index (χ0v) is 35.4. The summed E-state index contributed by atoms with van der Waals surface area (Å²) in [5.74, 6) is 0.727. The second-order valence-electron chi connectivity index (χ2n) is 16.7. The summed E-state index contributed by atoms with van der Waals surface area (Å²) in [7, 11) is 2.54. The lowest BCUT2D eigenvalue weighted by molar-refractivity contribution is -0.136. The van der Waals surface area contributed by atoms with Crippen LogP contribution >= 0.6 is 0 Å². The number of hydrogen-bond donors (Lipinski definition) is 4. The number of H-pyrrole nitrogens is 2. The molecule has 2 saturated heterocycles. The Kier molecular flexibility index (Phi) is 11.2. The van der Waals surface area contributed by atoms with Crippen LogP contribution in [-0.4, -0.2) is 97.7 Å². The SMILES string of the molecule is COC(=O)N[C@H](C(=O)N1CCCC1c1ncc(-c2ccc3c(c2)OC(C)n2c-3c(F)c3cc(-c4cnc([C@@H]5CCCN5C(=O)[C@@H](NC(=O)OC)C(C)C)[nH]4)ccc32)[nH]1)C(C)C. The number of alkyl carbamates (subject to hydrolysis) is 2. The molecule has 61 heavy (non-hydrogen) atoms. The Morgan fingerprint density at radius 2 is 1.30 bits per heavy atom. The number of benzene rings is 2. The summed E-state index contributed by atoms with van der Waals surface area (Å²) in [6.45, 7) is 10.5. The summed E-state index contributed by atoms with van der Waals surface area (Å²) in [6, 6.07) is 9.14. The van der Waals surface area contributed by atoms with E-state index in [4.69, 9.17) is 14.2 Å². The minimum Gasteiger partial charge on any atom is -0.470 e. The molecular formula is C44H52FN9O7. The maximum atomic E-state index is 16.7. The zero-order valence-electron chi connectivity index (χ0n) is 35.4. The van der Waals surface area contributed by atoms with Gasteiger partial charge in [-0.15, -0.1) is 0 Å². The maximum Gasteiger partial charge on any atom is 0.407 e. The van der Waals surface area contributed by atoms with E-state index in [1.54, 1.807) is 28.3 Å². The van der Waals surface area contributed by atoms with Gasteiger partial charge in [0.05, 0.1) is 61.3 Å². The molecule has 3 aliphatic rings. The number of methoxy groups -OCH3 is 2. The second kappa shape index (κ2) is 16.6. The van der Waals surface area contributed by atoms with E-state index >= 15 is 4.39 Å². The number of ether oxygens (including phenoxy) is 3. The Bertz CT molecular complexity index is 2490. The van der Waals surface area contributed by atoms with Crippen molar-refractivity contribution >= 4 is 34.9 Å².